The molecule has 21 heteroatoms. The number of ether oxygens (including phenoxy) is 2. The Hall–Kier alpha value is -6.78. The van der Waals surface area contributed by atoms with Gasteiger partial charge in [-0.25, -0.2) is 14.2 Å². The first-order valence-corrected chi connectivity index (χ1v) is 30.2. The van der Waals surface area contributed by atoms with Crippen molar-refractivity contribution >= 4 is 65.9 Å². The van der Waals surface area contributed by atoms with Gasteiger partial charge in [-0.05, 0) is 129 Å². The van der Waals surface area contributed by atoms with Gasteiger partial charge >= 0.3 is 26.4 Å². The number of unbranched alkanes of at least 4 members (excludes halogenated alkanes) is 1. The van der Waals surface area contributed by atoms with Gasteiger partial charge in [-0.15, -0.1) is 0 Å². The molecule has 2 aliphatic carbocycles. The summed E-state index contributed by atoms with van der Waals surface area (Å²) in [4.78, 5) is 50.0. The molecule has 0 saturated heterocycles. The van der Waals surface area contributed by atoms with Crippen molar-refractivity contribution in [2.45, 2.75) is 109 Å². The number of carboxylic acid groups (broad SMARTS) is 1. The Kier molecular flexibility index (Phi) is 20.6. The van der Waals surface area contributed by atoms with Crippen molar-refractivity contribution in [1.82, 2.24) is 32.5 Å². The van der Waals surface area contributed by atoms with E-state index in [4.69, 9.17) is 15.2 Å². The molecule has 1 aliphatic heterocycles. The topological polar surface area (TPSA) is 254 Å². The Bertz CT molecular complexity index is 3420. The number of hydrogen-bond acceptors (Lipinski definition) is 11. The summed E-state index contributed by atoms with van der Waals surface area (Å²) < 4.78 is 73.5. The lowest BCUT2D eigenvalue weighted by Crippen LogP contribution is -2.42. The number of nitrogens with zero attached hydrogens (tertiary/aromatic N) is 4. The van der Waals surface area contributed by atoms with Gasteiger partial charge in [0, 0.05) is 91.9 Å². The summed E-state index contributed by atoms with van der Waals surface area (Å²) >= 11 is 0. The molecule has 6 aromatic rings. The number of carboxylic acids is 1. The number of rotatable bonds is 13. The number of para-hydroxylation sites is 2. The van der Waals surface area contributed by atoms with E-state index in [0.717, 1.165) is 110 Å². The van der Waals surface area contributed by atoms with Gasteiger partial charge in [-0.1, -0.05) is 82.3 Å². The van der Waals surface area contributed by atoms with Crippen molar-refractivity contribution in [2.24, 2.45) is 19.8 Å². The molecule has 3 heterocycles. The fraction of sp³-hybridized carbons (Fsp3) is 0.458. The van der Waals surface area contributed by atoms with E-state index in [1.54, 1.807) is 36.4 Å². The number of amides is 3. The number of aliphatic carboxylic acids is 1. The second-order valence-electron chi connectivity index (χ2n) is 20.8. The van der Waals surface area contributed by atoms with E-state index >= 15 is 0 Å². The third-order valence-electron chi connectivity index (χ3n) is 15.4. The average molecular weight is 1140 g/mol. The second kappa shape index (κ2) is 27.1. The van der Waals surface area contributed by atoms with Crippen molar-refractivity contribution in [3.63, 3.8) is 0 Å². The average Bonchev–Trinajstić information content (AvgIpc) is 4.16. The summed E-state index contributed by atoms with van der Waals surface area (Å²) in [5.74, 6) is -0.934. The van der Waals surface area contributed by atoms with Crippen LogP contribution < -0.4 is 30.0 Å². The predicted molar refractivity (Wildman–Crippen MR) is 312 cm³/mol. The summed E-state index contributed by atoms with van der Waals surface area (Å²) in [5, 5.41) is 14.1. The van der Waals surface area contributed by atoms with Gasteiger partial charge in [0.2, 0.25) is 0 Å². The third-order valence-corrected chi connectivity index (χ3v) is 18.3. The Morgan fingerprint density at radius 3 is 2.01 bits per heavy atom. The molecule has 80 heavy (non-hydrogen) atoms. The van der Waals surface area contributed by atoms with Crippen molar-refractivity contribution in [3.8, 4) is 34.0 Å². The molecule has 9 rings (SSSR count). The number of fused-ring (bicyclic) bond motifs is 5. The molecule has 0 radical (unpaired) electrons. The van der Waals surface area contributed by atoms with Crippen LogP contribution in [0.3, 0.4) is 0 Å². The fourth-order valence-corrected chi connectivity index (χ4v) is 13.1. The van der Waals surface area contributed by atoms with E-state index in [1.165, 1.54) is 32.5 Å². The molecule has 3 amide bonds. The van der Waals surface area contributed by atoms with Crippen LogP contribution in [0.1, 0.15) is 141 Å². The smallest absolute Gasteiger partial charge is 0.341 e. The van der Waals surface area contributed by atoms with E-state index in [2.05, 4.69) is 19.3 Å². The molecule has 0 unspecified atom stereocenters. The third kappa shape index (κ3) is 14.0. The highest BCUT2D eigenvalue weighted by molar-refractivity contribution is 7.88. The standard InChI is InChI=1S/C29H38N4O6S.C29H36N4O5S.CH4/c1-32(17-9-8-16-30)40(37,38)31-29(36)21-14-15-22-24(18-21)33(2)28(27(22)20-10-4-3-5-11-20)23-12-6-7-13-25(23)39-19-26(34)35;1-32-17-9-8-16-30-26(34)19-38-25-13-7-6-12-23(25)28-27(20-10-4-3-5-11-20)22-15-14-21(18-24(22)33(28)2)29(35)31-39(32,36)37;/h6-7,12-15,18,20H,3-5,8-11,16-17,19,30H2,1-2H3,(H,31,36)(H,34,35);6-7,12-15,18,20H,3-5,8-11,16-17,19H2,1-2H3,(H,30,34)(H,31,35);1H4. The molecular formula is C59H78N8O11S2. The van der Waals surface area contributed by atoms with E-state index in [1.807, 2.05) is 67.2 Å². The number of carbonyl (C=O) groups excluding carboxylic acids is 3. The summed E-state index contributed by atoms with van der Waals surface area (Å²) in [6, 6.07) is 25.8. The Morgan fingerprint density at radius 1 is 0.787 bits per heavy atom. The number of benzene rings is 4. The summed E-state index contributed by atoms with van der Waals surface area (Å²) in [6.45, 7) is 0.771. The van der Waals surface area contributed by atoms with Crippen LogP contribution in [0.25, 0.3) is 44.3 Å². The quantitative estimate of drug-likeness (QED) is 0.0681. The van der Waals surface area contributed by atoms with Crippen LogP contribution in [0.4, 0.5) is 0 Å². The number of aromatic nitrogens is 2. The highest BCUT2D eigenvalue weighted by Gasteiger charge is 2.31. The van der Waals surface area contributed by atoms with E-state index in [0.29, 0.717) is 62.1 Å². The zero-order valence-electron chi connectivity index (χ0n) is 45.6. The lowest BCUT2D eigenvalue weighted by molar-refractivity contribution is -0.139. The van der Waals surface area contributed by atoms with Crippen LogP contribution in [0, 0.1) is 0 Å². The minimum absolute atomic E-state index is 0. The maximum Gasteiger partial charge on any atom is 0.341 e. The van der Waals surface area contributed by atoms with E-state index < -0.39 is 44.8 Å². The summed E-state index contributed by atoms with van der Waals surface area (Å²) in [5.41, 5.74) is 13.5. The van der Waals surface area contributed by atoms with Gasteiger partial charge in [0.25, 0.3) is 17.7 Å². The maximum atomic E-state index is 13.1. The van der Waals surface area contributed by atoms with E-state index in [-0.39, 0.29) is 44.2 Å². The lowest BCUT2D eigenvalue weighted by Gasteiger charge is -2.24. The van der Waals surface area contributed by atoms with Crippen LogP contribution in [-0.2, 0) is 44.1 Å². The Balaban J connectivity index is 0.000000228. The first-order valence-electron chi connectivity index (χ1n) is 27.3. The number of nitrogens with one attached hydrogen (secondary N) is 3. The number of carbonyl (C=O) groups is 4. The number of hydrogen-bond donors (Lipinski definition) is 5. The van der Waals surface area contributed by atoms with Crippen LogP contribution in [0.15, 0.2) is 84.9 Å². The molecule has 3 aliphatic rings. The molecule has 0 spiro atoms. The fourth-order valence-electron chi connectivity index (χ4n) is 11.3. The minimum Gasteiger partial charge on any atom is -0.483 e. The zero-order chi connectivity index (χ0) is 56.4. The Morgan fingerprint density at radius 2 is 1.38 bits per heavy atom. The zero-order valence-corrected chi connectivity index (χ0v) is 47.2. The van der Waals surface area contributed by atoms with Gasteiger partial charge in [0.1, 0.15) is 11.5 Å². The van der Waals surface area contributed by atoms with Crippen LogP contribution >= 0.6 is 0 Å². The van der Waals surface area contributed by atoms with Gasteiger partial charge in [0.15, 0.2) is 13.2 Å². The van der Waals surface area contributed by atoms with Crippen LogP contribution in [0.5, 0.6) is 11.5 Å². The minimum atomic E-state index is -4.01. The number of aryl methyl sites for hydroxylation is 2. The molecule has 3 bridgehead atoms. The van der Waals surface area contributed by atoms with Crippen molar-refractivity contribution in [2.75, 3.05) is 53.5 Å². The first kappa shape index (κ1) is 60.9. The van der Waals surface area contributed by atoms with E-state index in [9.17, 15) is 41.1 Å². The van der Waals surface area contributed by atoms with Crippen molar-refractivity contribution in [1.29, 1.82) is 0 Å². The second-order valence-corrected chi connectivity index (χ2v) is 24.4. The highest BCUT2D eigenvalue weighted by atomic mass is 32.2. The SMILES string of the molecule is C.CN(CCCCN)S(=O)(=O)NC(=O)c1ccc2c(C3CCCCC3)c(-c3ccccc3OCC(=O)O)n(C)c2c1.CN1CCCCNC(=O)COc2ccccc2-c2c(C3CCCCC3)c3ccc(cc3n2C)C(=O)NS1(=O)=O. The highest BCUT2D eigenvalue weighted by Crippen LogP contribution is 2.48. The summed E-state index contributed by atoms with van der Waals surface area (Å²) in [7, 11) is -1.30. The largest absolute Gasteiger partial charge is 0.483 e. The maximum absolute atomic E-state index is 13.1. The molecular weight excluding hydrogens is 1060 g/mol. The molecule has 2 fully saturated rings. The first-order chi connectivity index (χ1) is 37.9. The van der Waals surface area contributed by atoms with Gasteiger partial charge < -0.3 is 34.8 Å². The molecule has 432 valence electrons. The van der Waals surface area contributed by atoms with Crippen LogP contribution in [-0.4, -0.2) is 117 Å². The molecule has 0 atom stereocenters. The summed E-state index contributed by atoms with van der Waals surface area (Å²) in [6.07, 6.45) is 13.6. The normalized spacial score (nSPS) is 17.0. The van der Waals surface area contributed by atoms with Crippen LogP contribution in [0.2, 0.25) is 0 Å². The van der Waals surface area contributed by atoms with Gasteiger partial charge in [-0.3, -0.25) is 14.4 Å². The number of nitrogens with two attached hydrogens (primary N) is 1. The molecule has 4 aromatic carbocycles. The van der Waals surface area contributed by atoms with Crippen molar-refractivity contribution < 1.29 is 50.6 Å². The monoisotopic (exact) mass is 1140 g/mol. The Labute approximate surface area is 470 Å². The van der Waals surface area contributed by atoms with Crippen molar-refractivity contribution in [3.05, 3.63) is 107 Å². The molecule has 6 N–H and O–H groups in total. The molecule has 2 saturated carbocycles. The lowest BCUT2D eigenvalue weighted by atomic mass is 9.81. The van der Waals surface area contributed by atoms with Gasteiger partial charge in [0.05, 0.1) is 11.4 Å². The molecule has 19 nitrogen and oxygen atoms in total. The molecule has 2 aromatic heterocycles. The predicted octanol–water partition coefficient (Wildman–Crippen LogP) is 8.73. The van der Waals surface area contributed by atoms with Gasteiger partial charge in [-0.2, -0.15) is 25.4 Å².